The topological polar surface area (TPSA) is 46.3 Å². The average Bonchev–Trinajstić information content (AvgIpc) is 2.86. The van der Waals surface area contributed by atoms with Crippen molar-refractivity contribution in [3.05, 3.63) is 22.4 Å². The fourth-order valence-electron chi connectivity index (χ4n) is 1.81. The largest absolute Gasteiger partial charge is 0.392 e. The Morgan fingerprint density at radius 1 is 1.58 bits per heavy atom. The molecule has 106 valence electrons. The van der Waals surface area contributed by atoms with E-state index in [0.717, 1.165) is 0 Å². The summed E-state index contributed by atoms with van der Waals surface area (Å²) in [5, 5.41) is 2.02. The van der Waals surface area contributed by atoms with E-state index in [1.807, 2.05) is 50.1 Å². The molecule has 1 heterocycles. The van der Waals surface area contributed by atoms with Crippen molar-refractivity contribution in [1.29, 1.82) is 0 Å². The number of amides is 1. The summed E-state index contributed by atoms with van der Waals surface area (Å²) in [7, 11) is 0. The van der Waals surface area contributed by atoms with Gasteiger partial charge >= 0.3 is 0 Å². The molecule has 19 heavy (non-hydrogen) atoms. The maximum Gasteiger partial charge on any atom is 0.235 e. The number of carbonyl (C=O) groups excluding carboxylic acids is 1. The van der Waals surface area contributed by atoms with Gasteiger partial charge in [-0.25, -0.2) is 0 Å². The Balaban J connectivity index is 2.99. The molecule has 0 aromatic carbocycles. The first-order valence-electron chi connectivity index (χ1n) is 6.46. The molecule has 1 aromatic rings. The maximum atomic E-state index is 12.8. The minimum Gasteiger partial charge on any atom is -0.392 e. The van der Waals surface area contributed by atoms with Crippen molar-refractivity contribution in [3.8, 4) is 0 Å². The number of rotatable bonds is 6. The Bertz CT molecular complexity index is 442. The molecular weight excluding hydrogens is 276 g/mol. The molecule has 2 N–H and O–H groups in total. The van der Waals surface area contributed by atoms with Gasteiger partial charge in [0, 0.05) is 10.9 Å². The van der Waals surface area contributed by atoms with E-state index >= 15 is 0 Å². The van der Waals surface area contributed by atoms with Crippen molar-refractivity contribution in [3.63, 3.8) is 0 Å². The molecule has 0 radical (unpaired) electrons. The van der Waals surface area contributed by atoms with Gasteiger partial charge in [-0.1, -0.05) is 25.2 Å². The van der Waals surface area contributed by atoms with Crippen molar-refractivity contribution in [1.82, 2.24) is 4.90 Å². The van der Waals surface area contributed by atoms with Gasteiger partial charge in [0.2, 0.25) is 5.91 Å². The van der Waals surface area contributed by atoms with E-state index < -0.39 is 5.41 Å². The summed E-state index contributed by atoms with van der Waals surface area (Å²) < 4.78 is 0. The molecule has 1 unspecified atom stereocenters. The monoisotopic (exact) mass is 298 g/mol. The maximum absolute atomic E-state index is 12.8. The lowest BCUT2D eigenvalue weighted by atomic mass is 9.85. The fourth-order valence-corrected chi connectivity index (χ4v) is 2.74. The van der Waals surface area contributed by atoms with Crippen molar-refractivity contribution >= 4 is 34.5 Å². The molecule has 1 amide bonds. The third kappa shape index (κ3) is 3.54. The summed E-state index contributed by atoms with van der Waals surface area (Å²) in [6, 6.07) is 4.15. The number of hydrogen-bond donors (Lipinski definition) is 1. The van der Waals surface area contributed by atoms with Gasteiger partial charge in [-0.15, -0.1) is 11.3 Å². The second-order valence-electron chi connectivity index (χ2n) is 5.16. The first-order chi connectivity index (χ1) is 8.82. The van der Waals surface area contributed by atoms with Crippen LogP contribution in [0, 0.1) is 5.41 Å². The number of nitrogens with two attached hydrogens (primary N) is 1. The van der Waals surface area contributed by atoms with Gasteiger partial charge in [0.05, 0.1) is 16.9 Å². The first kappa shape index (κ1) is 16.1. The first-order valence-corrected chi connectivity index (χ1v) is 7.75. The van der Waals surface area contributed by atoms with Gasteiger partial charge in [0.1, 0.15) is 0 Å². The van der Waals surface area contributed by atoms with E-state index in [4.69, 9.17) is 18.0 Å². The summed E-state index contributed by atoms with van der Waals surface area (Å²) in [6.07, 6.45) is 0.620. The van der Waals surface area contributed by atoms with Crippen LogP contribution in [0.2, 0.25) is 0 Å². The molecule has 0 aliphatic carbocycles. The minimum absolute atomic E-state index is 0.0194. The molecule has 3 nitrogen and oxygen atoms in total. The van der Waals surface area contributed by atoms with Crippen LogP contribution in [0.25, 0.3) is 0 Å². The second kappa shape index (κ2) is 6.48. The number of carbonyl (C=O) groups is 1. The predicted molar refractivity (Wildman–Crippen MR) is 85.2 cm³/mol. The molecule has 0 aliphatic rings. The molecule has 5 heteroatoms. The van der Waals surface area contributed by atoms with E-state index in [0.29, 0.717) is 13.0 Å². The summed E-state index contributed by atoms with van der Waals surface area (Å²) >= 11 is 6.75. The van der Waals surface area contributed by atoms with Crippen molar-refractivity contribution in [2.75, 3.05) is 0 Å². The number of hydrogen-bond acceptors (Lipinski definition) is 3. The molecule has 1 rings (SSSR count). The molecule has 0 saturated heterocycles. The van der Waals surface area contributed by atoms with Gasteiger partial charge in [0.25, 0.3) is 0 Å². The molecular formula is C14H22N2OS2. The predicted octanol–water partition coefficient (Wildman–Crippen LogP) is 3.19. The van der Waals surface area contributed by atoms with Crippen LogP contribution in [0.3, 0.4) is 0 Å². The normalized spacial score (nSPS) is 14.2. The standard InChI is InChI=1S/C14H22N2OS2/c1-5-14(4,12(15)18)13(17)16(10(2)3)9-11-7-6-8-19-11/h6-8,10H,5,9H2,1-4H3,(H2,15,18). The Hall–Kier alpha value is -0.940. The van der Waals surface area contributed by atoms with Crippen LogP contribution in [0.4, 0.5) is 0 Å². The Morgan fingerprint density at radius 2 is 2.21 bits per heavy atom. The van der Waals surface area contributed by atoms with Gasteiger partial charge in [-0.05, 0) is 38.6 Å². The highest BCUT2D eigenvalue weighted by atomic mass is 32.1. The minimum atomic E-state index is -0.753. The molecule has 0 bridgehead atoms. The second-order valence-corrected chi connectivity index (χ2v) is 6.63. The molecule has 0 aliphatic heterocycles. The molecule has 0 spiro atoms. The quantitative estimate of drug-likeness (QED) is 0.820. The number of thiocarbonyl (C=S) groups is 1. The highest BCUT2D eigenvalue weighted by Crippen LogP contribution is 2.27. The third-order valence-corrected chi connectivity index (χ3v) is 4.83. The lowest BCUT2D eigenvalue weighted by molar-refractivity contribution is -0.140. The highest BCUT2D eigenvalue weighted by Gasteiger charge is 2.38. The highest BCUT2D eigenvalue weighted by molar-refractivity contribution is 7.80. The Kier molecular flexibility index (Phi) is 5.50. The summed E-state index contributed by atoms with van der Waals surface area (Å²) in [5.41, 5.74) is 5.03. The SMILES string of the molecule is CCC(C)(C(=O)N(Cc1cccs1)C(C)C)C(N)=S. The van der Waals surface area contributed by atoms with Gasteiger partial charge in [0.15, 0.2) is 0 Å². The summed E-state index contributed by atoms with van der Waals surface area (Å²) in [4.78, 5) is 16.1. The number of thiophene rings is 1. The fraction of sp³-hybridized carbons (Fsp3) is 0.571. The molecule has 1 atom stereocenters. The van der Waals surface area contributed by atoms with Crippen LogP contribution in [-0.4, -0.2) is 21.8 Å². The van der Waals surface area contributed by atoms with Gasteiger partial charge < -0.3 is 10.6 Å². The Morgan fingerprint density at radius 3 is 2.58 bits per heavy atom. The van der Waals surface area contributed by atoms with Gasteiger partial charge in [-0.3, -0.25) is 4.79 Å². The summed E-state index contributed by atoms with van der Waals surface area (Å²) in [6.45, 7) is 8.43. The zero-order chi connectivity index (χ0) is 14.6. The van der Waals surface area contributed by atoms with E-state index in [-0.39, 0.29) is 16.9 Å². The van der Waals surface area contributed by atoms with Crippen molar-refractivity contribution in [2.24, 2.45) is 11.1 Å². The Labute approximate surface area is 124 Å². The zero-order valence-electron chi connectivity index (χ0n) is 12.0. The van der Waals surface area contributed by atoms with Crippen LogP contribution < -0.4 is 5.73 Å². The van der Waals surface area contributed by atoms with Crippen LogP contribution in [0.1, 0.15) is 39.0 Å². The van der Waals surface area contributed by atoms with E-state index in [9.17, 15) is 4.79 Å². The van der Waals surface area contributed by atoms with Crippen LogP contribution >= 0.6 is 23.6 Å². The van der Waals surface area contributed by atoms with Gasteiger partial charge in [-0.2, -0.15) is 0 Å². The van der Waals surface area contributed by atoms with Crippen LogP contribution in [-0.2, 0) is 11.3 Å². The van der Waals surface area contributed by atoms with Crippen LogP contribution in [0.5, 0.6) is 0 Å². The molecule has 0 saturated carbocycles. The third-order valence-electron chi connectivity index (χ3n) is 3.51. The van der Waals surface area contributed by atoms with Crippen molar-refractivity contribution < 1.29 is 4.79 Å². The van der Waals surface area contributed by atoms with Crippen molar-refractivity contribution in [2.45, 2.75) is 46.7 Å². The summed E-state index contributed by atoms with van der Waals surface area (Å²) in [5.74, 6) is 0.0194. The number of nitrogens with zero attached hydrogens (tertiary/aromatic N) is 1. The average molecular weight is 298 g/mol. The molecule has 0 fully saturated rings. The van der Waals surface area contributed by atoms with E-state index in [1.54, 1.807) is 11.3 Å². The lowest BCUT2D eigenvalue weighted by Crippen LogP contribution is -2.50. The van der Waals surface area contributed by atoms with E-state index in [2.05, 4.69) is 0 Å². The lowest BCUT2D eigenvalue weighted by Gasteiger charge is -2.35. The van der Waals surface area contributed by atoms with Crippen LogP contribution in [0.15, 0.2) is 17.5 Å². The van der Waals surface area contributed by atoms with E-state index in [1.165, 1.54) is 4.88 Å². The zero-order valence-corrected chi connectivity index (χ0v) is 13.6. The smallest absolute Gasteiger partial charge is 0.235 e. The molecule has 1 aromatic heterocycles.